The molecule has 16 heavy (non-hydrogen) atoms. The first-order valence-electron chi connectivity index (χ1n) is 4.68. The fourth-order valence-electron chi connectivity index (χ4n) is 1.34. The van der Waals surface area contributed by atoms with E-state index in [-0.39, 0.29) is 5.82 Å². The second-order valence-electron chi connectivity index (χ2n) is 3.34. The Morgan fingerprint density at radius 2 is 2.00 bits per heavy atom. The Morgan fingerprint density at radius 1 is 1.25 bits per heavy atom. The van der Waals surface area contributed by atoms with Crippen molar-refractivity contribution in [1.82, 2.24) is 10.2 Å². The maximum Gasteiger partial charge on any atom is 0.160 e. The van der Waals surface area contributed by atoms with Crippen LogP contribution in [-0.4, -0.2) is 10.2 Å². The number of nitrogen functional groups attached to an aromatic ring is 1. The van der Waals surface area contributed by atoms with Crippen LogP contribution in [0.1, 0.15) is 11.3 Å². The minimum Gasteiger partial charge on any atom is -0.381 e. The highest BCUT2D eigenvalue weighted by Gasteiger charge is 2.05. The van der Waals surface area contributed by atoms with Crippen LogP contribution >= 0.6 is 15.9 Å². The van der Waals surface area contributed by atoms with Gasteiger partial charge in [0.1, 0.15) is 5.82 Å². The van der Waals surface area contributed by atoms with Gasteiger partial charge in [0.2, 0.25) is 0 Å². The highest BCUT2D eigenvalue weighted by molar-refractivity contribution is 9.10. The lowest BCUT2D eigenvalue weighted by molar-refractivity contribution is 0.612. The Hall–Kier alpha value is -1.49. The van der Waals surface area contributed by atoms with Crippen molar-refractivity contribution in [2.75, 3.05) is 5.73 Å². The fraction of sp³-hybridized carbons (Fsp3) is 0.0909. The average molecular weight is 282 g/mol. The normalized spacial score (nSPS) is 10.4. The number of hydrogen-bond acceptors (Lipinski definition) is 3. The minimum absolute atomic E-state index is 0.239. The molecule has 1 heterocycles. The van der Waals surface area contributed by atoms with Gasteiger partial charge in [0.25, 0.3) is 0 Å². The van der Waals surface area contributed by atoms with Crippen molar-refractivity contribution >= 4 is 21.7 Å². The van der Waals surface area contributed by atoms with Crippen LogP contribution < -0.4 is 5.73 Å². The molecule has 2 aromatic rings. The van der Waals surface area contributed by atoms with Crippen LogP contribution in [0.2, 0.25) is 0 Å². The summed E-state index contributed by atoms with van der Waals surface area (Å²) < 4.78 is 14.0. The van der Waals surface area contributed by atoms with Gasteiger partial charge in [-0.1, -0.05) is 18.2 Å². The van der Waals surface area contributed by atoms with Crippen molar-refractivity contribution < 1.29 is 4.39 Å². The van der Waals surface area contributed by atoms with Crippen molar-refractivity contribution in [3.05, 3.63) is 51.9 Å². The zero-order valence-corrected chi connectivity index (χ0v) is 9.91. The number of halogens is 2. The van der Waals surface area contributed by atoms with E-state index >= 15 is 0 Å². The molecular formula is C11H9BrFN3. The average Bonchev–Trinajstić information content (AvgIpc) is 2.27. The SMILES string of the molecule is Nc1nnc(Cc2ccccc2F)cc1Br. The first kappa shape index (κ1) is 11.0. The summed E-state index contributed by atoms with van der Waals surface area (Å²) in [5.74, 6) is 0.0922. The van der Waals surface area contributed by atoms with Crippen LogP contribution in [0.4, 0.5) is 10.2 Å². The van der Waals surface area contributed by atoms with Crippen LogP contribution in [0.25, 0.3) is 0 Å². The Balaban J connectivity index is 2.28. The number of benzene rings is 1. The Kier molecular flexibility index (Phi) is 3.14. The second kappa shape index (κ2) is 4.57. The van der Waals surface area contributed by atoms with Crippen LogP contribution in [0.15, 0.2) is 34.8 Å². The van der Waals surface area contributed by atoms with E-state index in [9.17, 15) is 4.39 Å². The van der Waals surface area contributed by atoms with E-state index in [0.717, 1.165) is 0 Å². The molecule has 82 valence electrons. The highest BCUT2D eigenvalue weighted by Crippen LogP contribution is 2.18. The summed E-state index contributed by atoms with van der Waals surface area (Å²) in [6.07, 6.45) is 0.401. The number of anilines is 1. The second-order valence-corrected chi connectivity index (χ2v) is 4.19. The molecule has 0 saturated heterocycles. The number of rotatable bonds is 2. The summed E-state index contributed by atoms with van der Waals surface area (Å²) >= 11 is 3.26. The Morgan fingerprint density at radius 3 is 2.69 bits per heavy atom. The molecule has 3 nitrogen and oxygen atoms in total. The molecule has 2 rings (SSSR count). The minimum atomic E-state index is -0.239. The van der Waals surface area contributed by atoms with E-state index in [4.69, 9.17) is 5.73 Å². The Bertz CT molecular complexity index is 516. The van der Waals surface area contributed by atoms with Crippen molar-refractivity contribution in [2.45, 2.75) is 6.42 Å². The molecule has 0 bridgehead atoms. The predicted octanol–water partition coefficient (Wildman–Crippen LogP) is 2.55. The van der Waals surface area contributed by atoms with Crippen molar-refractivity contribution in [3.63, 3.8) is 0 Å². The van der Waals surface area contributed by atoms with Gasteiger partial charge in [0, 0.05) is 6.42 Å². The molecule has 0 aliphatic rings. The van der Waals surface area contributed by atoms with Gasteiger partial charge < -0.3 is 5.73 Å². The van der Waals surface area contributed by atoms with E-state index in [2.05, 4.69) is 26.1 Å². The molecule has 0 spiro atoms. The summed E-state index contributed by atoms with van der Waals surface area (Å²) in [5.41, 5.74) is 6.78. The molecule has 5 heteroatoms. The molecule has 0 aliphatic heterocycles. The number of nitrogens with two attached hydrogens (primary N) is 1. The van der Waals surface area contributed by atoms with Crippen molar-refractivity contribution in [2.24, 2.45) is 0 Å². The summed E-state index contributed by atoms with van der Waals surface area (Å²) in [6, 6.07) is 8.34. The molecule has 0 atom stereocenters. The van der Waals surface area contributed by atoms with Gasteiger partial charge in [0.05, 0.1) is 10.2 Å². The van der Waals surface area contributed by atoms with Gasteiger partial charge >= 0.3 is 0 Å². The van der Waals surface area contributed by atoms with Gasteiger partial charge in [-0.3, -0.25) is 0 Å². The first-order valence-corrected chi connectivity index (χ1v) is 5.47. The lowest BCUT2D eigenvalue weighted by Gasteiger charge is -2.03. The third-order valence-electron chi connectivity index (χ3n) is 2.15. The van der Waals surface area contributed by atoms with E-state index < -0.39 is 0 Å². The molecular weight excluding hydrogens is 273 g/mol. The van der Waals surface area contributed by atoms with Crippen LogP contribution in [0.5, 0.6) is 0 Å². The summed E-state index contributed by atoms with van der Waals surface area (Å²) in [5, 5.41) is 7.67. The molecule has 1 aromatic heterocycles. The number of nitrogens with zero attached hydrogens (tertiary/aromatic N) is 2. The zero-order valence-electron chi connectivity index (χ0n) is 8.32. The maximum atomic E-state index is 13.4. The molecule has 0 aliphatic carbocycles. The lowest BCUT2D eigenvalue weighted by atomic mass is 10.1. The molecule has 0 unspecified atom stereocenters. The van der Waals surface area contributed by atoms with Gasteiger partial charge in [-0.2, -0.15) is 5.10 Å². The summed E-state index contributed by atoms with van der Waals surface area (Å²) in [4.78, 5) is 0. The van der Waals surface area contributed by atoms with Gasteiger partial charge in [0.15, 0.2) is 5.82 Å². The van der Waals surface area contributed by atoms with E-state index in [1.807, 2.05) is 0 Å². The largest absolute Gasteiger partial charge is 0.381 e. The fourth-order valence-corrected chi connectivity index (χ4v) is 1.68. The lowest BCUT2D eigenvalue weighted by Crippen LogP contribution is -2.00. The summed E-state index contributed by atoms with van der Waals surface area (Å²) in [6.45, 7) is 0. The third-order valence-corrected chi connectivity index (χ3v) is 2.79. The number of aromatic nitrogens is 2. The van der Waals surface area contributed by atoms with E-state index in [0.29, 0.717) is 28.0 Å². The smallest absolute Gasteiger partial charge is 0.160 e. The predicted molar refractivity (Wildman–Crippen MR) is 63.4 cm³/mol. The van der Waals surface area contributed by atoms with Crippen molar-refractivity contribution in [3.8, 4) is 0 Å². The van der Waals surface area contributed by atoms with Crippen LogP contribution in [-0.2, 0) is 6.42 Å². The topological polar surface area (TPSA) is 51.8 Å². The molecule has 0 amide bonds. The molecule has 0 saturated carbocycles. The van der Waals surface area contributed by atoms with Gasteiger partial charge in [-0.15, -0.1) is 5.10 Å². The highest BCUT2D eigenvalue weighted by atomic mass is 79.9. The monoisotopic (exact) mass is 281 g/mol. The van der Waals surface area contributed by atoms with E-state index in [1.165, 1.54) is 6.07 Å². The molecule has 0 radical (unpaired) electrons. The zero-order chi connectivity index (χ0) is 11.5. The first-order chi connectivity index (χ1) is 7.66. The van der Waals surface area contributed by atoms with Gasteiger partial charge in [-0.25, -0.2) is 4.39 Å². The van der Waals surface area contributed by atoms with E-state index in [1.54, 1.807) is 24.3 Å². The van der Waals surface area contributed by atoms with Gasteiger partial charge in [-0.05, 0) is 33.6 Å². The van der Waals surface area contributed by atoms with Crippen LogP contribution in [0.3, 0.4) is 0 Å². The molecule has 1 aromatic carbocycles. The third kappa shape index (κ3) is 2.36. The quantitative estimate of drug-likeness (QED) is 0.921. The standard InChI is InChI=1S/C11H9BrFN3/c12-9-6-8(15-16-11(9)14)5-7-3-1-2-4-10(7)13/h1-4,6H,5H2,(H2,14,16). The Labute approximate surface area is 101 Å². The summed E-state index contributed by atoms with van der Waals surface area (Å²) in [7, 11) is 0. The molecule has 0 fully saturated rings. The van der Waals surface area contributed by atoms with Crippen LogP contribution in [0, 0.1) is 5.82 Å². The van der Waals surface area contributed by atoms with Crippen molar-refractivity contribution in [1.29, 1.82) is 0 Å². The maximum absolute atomic E-state index is 13.4. The molecule has 2 N–H and O–H groups in total. The number of hydrogen-bond donors (Lipinski definition) is 1.